The first kappa shape index (κ1) is 16.4. The molecule has 1 fully saturated rings. The molecule has 4 atom stereocenters. The SMILES string of the molecule is CC(NCC1CNNC1c1ccc2c(c1)OCO2)C(C)n1cccn1. The first-order chi connectivity index (χ1) is 12.2. The maximum absolute atomic E-state index is 5.51. The highest BCUT2D eigenvalue weighted by molar-refractivity contribution is 5.45. The smallest absolute Gasteiger partial charge is 0.231 e. The molecule has 0 spiro atoms. The van der Waals surface area contributed by atoms with Crippen molar-refractivity contribution in [2.45, 2.75) is 32.0 Å². The molecule has 134 valence electrons. The number of aromatic nitrogens is 2. The van der Waals surface area contributed by atoms with E-state index in [0.29, 0.717) is 24.8 Å². The minimum absolute atomic E-state index is 0.245. The Morgan fingerprint density at radius 3 is 3.04 bits per heavy atom. The molecule has 4 rings (SSSR count). The number of hydrogen-bond acceptors (Lipinski definition) is 6. The van der Waals surface area contributed by atoms with E-state index < -0.39 is 0 Å². The lowest BCUT2D eigenvalue weighted by atomic mass is 9.94. The fourth-order valence-electron chi connectivity index (χ4n) is 3.45. The van der Waals surface area contributed by atoms with Crippen molar-refractivity contribution in [2.75, 3.05) is 19.9 Å². The molecule has 2 aromatic rings. The van der Waals surface area contributed by atoms with Crippen LogP contribution in [0.25, 0.3) is 0 Å². The molecule has 3 N–H and O–H groups in total. The van der Waals surface area contributed by atoms with E-state index in [9.17, 15) is 0 Å². The first-order valence-electron chi connectivity index (χ1n) is 8.83. The van der Waals surface area contributed by atoms with Crippen molar-refractivity contribution in [3.63, 3.8) is 0 Å². The van der Waals surface area contributed by atoms with Crippen LogP contribution >= 0.6 is 0 Å². The molecule has 0 bridgehead atoms. The van der Waals surface area contributed by atoms with Gasteiger partial charge in [0.05, 0.1) is 12.1 Å². The van der Waals surface area contributed by atoms with Gasteiger partial charge in [0.2, 0.25) is 6.79 Å². The van der Waals surface area contributed by atoms with Gasteiger partial charge in [0.25, 0.3) is 0 Å². The highest BCUT2D eigenvalue weighted by atomic mass is 16.7. The Balaban J connectivity index is 1.38. The van der Waals surface area contributed by atoms with E-state index in [-0.39, 0.29) is 6.04 Å². The zero-order valence-corrected chi connectivity index (χ0v) is 14.6. The molecule has 0 amide bonds. The van der Waals surface area contributed by atoms with Crippen LogP contribution in [-0.2, 0) is 0 Å². The maximum atomic E-state index is 5.51. The van der Waals surface area contributed by atoms with Crippen LogP contribution in [0.5, 0.6) is 11.5 Å². The minimum Gasteiger partial charge on any atom is -0.454 e. The average molecular weight is 343 g/mol. The van der Waals surface area contributed by atoms with Gasteiger partial charge in [-0.1, -0.05) is 6.07 Å². The average Bonchev–Trinajstić information content (AvgIpc) is 3.39. The number of hydrazine groups is 1. The molecule has 1 saturated heterocycles. The molecular formula is C18H25N5O2. The van der Waals surface area contributed by atoms with E-state index in [1.807, 2.05) is 29.2 Å². The second-order valence-electron chi connectivity index (χ2n) is 6.80. The second kappa shape index (κ2) is 7.03. The lowest BCUT2D eigenvalue weighted by Gasteiger charge is -2.25. The van der Waals surface area contributed by atoms with Gasteiger partial charge in [-0.3, -0.25) is 10.1 Å². The van der Waals surface area contributed by atoms with Gasteiger partial charge in [-0.05, 0) is 37.6 Å². The van der Waals surface area contributed by atoms with Crippen LogP contribution in [0.4, 0.5) is 0 Å². The van der Waals surface area contributed by atoms with Crippen LogP contribution in [-0.4, -0.2) is 35.7 Å². The summed E-state index contributed by atoms with van der Waals surface area (Å²) in [4.78, 5) is 0. The van der Waals surface area contributed by atoms with Crippen LogP contribution in [0, 0.1) is 5.92 Å². The van der Waals surface area contributed by atoms with Crippen molar-refractivity contribution in [2.24, 2.45) is 5.92 Å². The van der Waals surface area contributed by atoms with Crippen LogP contribution in [0.1, 0.15) is 31.5 Å². The molecule has 1 aromatic carbocycles. The lowest BCUT2D eigenvalue weighted by Crippen LogP contribution is -2.38. The van der Waals surface area contributed by atoms with Crippen molar-refractivity contribution in [1.29, 1.82) is 0 Å². The predicted octanol–water partition coefficient (Wildman–Crippen LogP) is 1.62. The standard InChI is InChI=1S/C18H25N5O2/c1-12(13(2)23-7-3-6-21-23)19-9-15-10-20-22-18(15)14-4-5-16-17(8-14)25-11-24-16/h3-8,12-13,15,18-20,22H,9-11H2,1-2H3. The third-order valence-electron chi connectivity index (χ3n) is 5.22. The second-order valence-corrected chi connectivity index (χ2v) is 6.80. The summed E-state index contributed by atoms with van der Waals surface area (Å²) >= 11 is 0. The number of benzene rings is 1. The van der Waals surface area contributed by atoms with E-state index in [0.717, 1.165) is 24.6 Å². The molecule has 4 unspecified atom stereocenters. The lowest BCUT2D eigenvalue weighted by molar-refractivity contribution is 0.174. The van der Waals surface area contributed by atoms with Crippen molar-refractivity contribution >= 4 is 0 Å². The number of nitrogens with zero attached hydrogens (tertiary/aromatic N) is 2. The van der Waals surface area contributed by atoms with Crippen LogP contribution in [0.3, 0.4) is 0 Å². The van der Waals surface area contributed by atoms with Gasteiger partial charge in [0.1, 0.15) is 0 Å². The van der Waals surface area contributed by atoms with Gasteiger partial charge in [0.15, 0.2) is 11.5 Å². The fourth-order valence-corrected chi connectivity index (χ4v) is 3.45. The summed E-state index contributed by atoms with van der Waals surface area (Å²) in [7, 11) is 0. The number of rotatable bonds is 6. The third-order valence-corrected chi connectivity index (χ3v) is 5.22. The summed E-state index contributed by atoms with van der Waals surface area (Å²) in [5.41, 5.74) is 7.90. The Bertz CT molecular complexity index is 705. The zero-order chi connectivity index (χ0) is 17.2. The highest BCUT2D eigenvalue weighted by Crippen LogP contribution is 2.36. The van der Waals surface area contributed by atoms with Gasteiger partial charge in [0, 0.05) is 37.4 Å². The third kappa shape index (κ3) is 3.35. The van der Waals surface area contributed by atoms with E-state index in [4.69, 9.17) is 9.47 Å². The van der Waals surface area contributed by atoms with Gasteiger partial charge < -0.3 is 14.8 Å². The molecule has 25 heavy (non-hydrogen) atoms. The van der Waals surface area contributed by atoms with Crippen LogP contribution in [0.15, 0.2) is 36.7 Å². The fraction of sp³-hybridized carbons (Fsp3) is 0.500. The Hall–Kier alpha value is -2.09. The Labute approximate surface area is 147 Å². The molecule has 3 heterocycles. The Kier molecular flexibility index (Phi) is 4.61. The number of fused-ring (bicyclic) bond motifs is 1. The monoisotopic (exact) mass is 343 g/mol. The molecule has 2 aliphatic heterocycles. The molecule has 0 radical (unpaired) electrons. The predicted molar refractivity (Wildman–Crippen MR) is 94.3 cm³/mol. The van der Waals surface area contributed by atoms with Gasteiger partial charge in [-0.25, -0.2) is 5.43 Å². The van der Waals surface area contributed by atoms with Gasteiger partial charge in [-0.2, -0.15) is 5.10 Å². The summed E-state index contributed by atoms with van der Waals surface area (Å²) in [5.74, 6) is 2.11. The summed E-state index contributed by atoms with van der Waals surface area (Å²) in [6, 6.07) is 9.03. The molecule has 0 aliphatic carbocycles. The quantitative estimate of drug-likeness (QED) is 0.740. The summed E-state index contributed by atoms with van der Waals surface area (Å²) < 4.78 is 12.9. The number of hydrogen-bond donors (Lipinski definition) is 3. The summed E-state index contributed by atoms with van der Waals surface area (Å²) in [6.07, 6.45) is 3.83. The van der Waals surface area contributed by atoms with Crippen molar-refractivity contribution in [3.8, 4) is 11.5 Å². The first-order valence-corrected chi connectivity index (χ1v) is 8.83. The van der Waals surface area contributed by atoms with Gasteiger partial charge in [-0.15, -0.1) is 0 Å². The molecule has 2 aliphatic rings. The number of ether oxygens (including phenoxy) is 2. The molecule has 7 heteroatoms. The maximum Gasteiger partial charge on any atom is 0.231 e. The van der Waals surface area contributed by atoms with E-state index in [1.54, 1.807) is 0 Å². The molecule has 0 saturated carbocycles. The van der Waals surface area contributed by atoms with E-state index in [2.05, 4.69) is 47.2 Å². The number of nitrogens with one attached hydrogen (secondary N) is 3. The van der Waals surface area contributed by atoms with Gasteiger partial charge >= 0.3 is 0 Å². The highest BCUT2D eigenvalue weighted by Gasteiger charge is 2.30. The van der Waals surface area contributed by atoms with Crippen molar-refractivity contribution in [1.82, 2.24) is 25.9 Å². The molecular weight excluding hydrogens is 318 g/mol. The van der Waals surface area contributed by atoms with Crippen molar-refractivity contribution in [3.05, 3.63) is 42.2 Å². The van der Waals surface area contributed by atoms with Crippen LogP contribution in [0.2, 0.25) is 0 Å². The molecule has 7 nitrogen and oxygen atoms in total. The molecule has 1 aromatic heterocycles. The summed E-state index contributed by atoms with van der Waals surface area (Å²) in [6.45, 7) is 6.55. The zero-order valence-electron chi connectivity index (χ0n) is 14.6. The summed E-state index contributed by atoms with van der Waals surface area (Å²) in [5, 5.41) is 8.01. The minimum atomic E-state index is 0.245. The Morgan fingerprint density at radius 1 is 1.32 bits per heavy atom. The Morgan fingerprint density at radius 2 is 2.20 bits per heavy atom. The topological polar surface area (TPSA) is 72.4 Å². The largest absolute Gasteiger partial charge is 0.454 e. The normalized spacial score (nSPS) is 24.4. The van der Waals surface area contributed by atoms with E-state index in [1.165, 1.54) is 5.56 Å². The van der Waals surface area contributed by atoms with Crippen molar-refractivity contribution < 1.29 is 9.47 Å². The van der Waals surface area contributed by atoms with Crippen LogP contribution < -0.4 is 25.6 Å². The van der Waals surface area contributed by atoms with E-state index >= 15 is 0 Å².